The number of hydrogen-bond donors (Lipinski definition) is 1. The van der Waals surface area contributed by atoms with Crippen molar-refractivity contribution in [2.45, 2.75) is 25.9 Å². The normalized spacial score (nSPS) is 12.6. The molecule has 1 N–H and O–H groups in total. The van der Waals surface area contributed by atoms with Crippen LogP contribution in [0.2, 0.25) is 0 Å². The highest BCUT2D eigenvalue weighted by Crippen LogP contribution is 2.39. The van der Waals surface area contributed by atoms with Crippen molar-refractivity contribution in [1.82, 2.24) is 5.32 Å². The molecule has 0 atom stereocenters. The van der Waals surface area contributed by atoms with Crippen molar-refractivity contribution in [3.05, 3.63) is 82.9 Å². The Morgan fingerprint density at radius 2 is 1.67 bits per heavy atom. The maximum Gasteiger partial charge on any atom is 0.251 e. The van der Waals surface area contributed by atoms with E-state index in [4.69, 9.17) is 14.2 Å². The Labute approximate surface area is 195 Å². The first-order chi connectivity index (χ1) is 16.1. The minimum atomic E-state index is -0.137. The van der Waals surface area contributed by atoms with Crippen LogP contribution in [0.5, 0.6) is 17.2 Å². The average molecular weight is 447 g/mol. The molecule has 0 saturated carbocycles. The number of methoxy groups -OCH3 is 3. The van der Waals surface area contributed by atoms with E-state index in [1.54, 1.807) is 27.4 Å². The van der Waals surface area contributed by atoms with Gasteiger partial charge in [0, 0.05) is 36.4 Å². The molecule has 3 aromatic carbocycles. The van der Waals surface area contributed by atoms with Crippen LogP contribution in [0.1, 0.15) is 33.5 Å². The molecule has 0 aromatic heterocycles. The lowest BCUT2D eigenvalue weighted by Crippen LogP contribution is -2.28. The Morgan fingerprint density at radius 1 is 0.909 bits per heavy atom. The van der Waals surface area contributed by atoms with Crippen LogP contribution in [0.25, 0.3) is 0 Å². The molecule has 0 aliphatic carbocycles. The number of hydrogen-bond acceptors (Lipinski definition) is 5. The smallest absolute Gasteiger partial charge is 0.251 e. The number of amides is 1. The van der Waals surface area contributed by atoms with E-state index in [1.165, 1.54) is 16.8 Å². The molecule has 6 heteroatoms. The van der Waals surface area contributed by atoms with E-state index in [-0.39, 0.29) is 5.91 Å². The largest absolute Gasteiger partial charge is 0.493 e. The maximum atomic E-state index is 12.7. The van der Waals surface area contributed by atoms with E-state index >= 15 is 0 Å². The fourth-order valence-corrected chi connectivity index (χ4v) is 4.34. The van der Waals surface area contributed by atoms with Gasteiger partial charge in [-0.25, -0.2) is 0 Å². The van der Waals surface area contributed by atoms with Crippen molar-refractivity contribution >= 4 is 11.6 Å². The van der Waals surface area contributed by atoms with E-state index in [0.29, 0.717) is 29.4 Å². The van der Waals surface area contributed by atoms with Crippen LogP contribution < -0.4 is 24.4 Å². The second-order valence-corrected chi connectivity index (χ2v) is 8.03. The van der Waals surface area contributed by atoms with Crippen LogP contribution in [0.3, 0.4) is 0 Å². The van der Waals surface area contributed by atoms with Gasteiger partial charge in [-0.3, -0.25) is 4.79 Å². The number of nitrogens with zero attached hydrogens (tertiary/aromatic N) is 1. The van der Waals surface area contributed by atoms with Crippen molar-refractivity contribution in [3.8, 4) is 17.2 Å². The lowest BCUT2D eigenvalue weighted by atomic mass is 10.0. The van der Waals surface area contributed by atoms with Crippen LogP contribution in [0.15, 0.2) is 60.7 Å². The molecule has 3 aromatic rings. The summed E-state index contributed by atoms with van der Waals surface area (Å²) < 4.78 is 16.2. The highest BCUT2D eigenvalue weighted by molar-refractivity contribution is 5.94. The molecule has 0 fully saturated rings. The van der Waals surface area contributed by atoms with Gasteiger partial charge in [-0.15, -0.1) is 0 Å². The van der Waals surface area contributed by atoms with Crippen LogP contribution in [0, 0.1) is 0 Å². The molecule has 1 aliphatic heterocycles. The van der Waals surface area contributed by atoms with Gasteiger partial charge >= 0.3 is 0 Å². The van der Waals surface area contributed by atoms with Gasteiger partial charge < -0.3 is 24.4 Å². The number of benzene rings is 3. The number of nitrogens with one attached hydrogen (secondary N) is 1. The monoisotopic (exact) mass is 446 g/mol. The summed E-state index contributed by atoms with van der Waals surface area (Å²) in [5.74, 6) is 1.50. The molecular weight excluding hydrogens is 416 g/mol. The fourth-order valence-electron chi connectivity index (χ4n) is 4.34. The Morgan fingerprint density at radius 3 is 2.39 bits per heavy atom. The molecule has 4 rings (SSSR count). The zero-order valence-electron chi connectivity index (χ0n) is 19.4. The number of ether oxygens (including phenoxy) is 3. The maximum absolute atomic E-state index is 12.7. The van der Waals surface area contributed by atoms with Crippen LogP contribution in [-0.2, 0) is 19.5 Å². The molecular formula is C27H30N2O4. The second-order valence-electron chi connectivity index (χ2n) is 8.03. The van der Waals surface area contributed by atoms with Gasteiger partial charge in [0.1, 0.15) is 0 Å². The zero-order valence-corrected chi connectivity index (χ0v) is 19.4. The van der Waals surface area contributed by atoms with E-state index in [1.807, 2.05) is 30.3 Å². The predicted molar refractivity (Wildman–Crippen MR) is 130 cm³/mol. The lowest BCUT2D eigenvalue weighted by molar-refractivity contribution is 0.0950. The van der Waals surface area contributed by atoms with Crippen molar-refractivity contribution < 1.29 is 19.0 Å². The summed E-state index contributed by atoms with van der Waals surface area (Å²) >= 11 is 0. The molecule has 6 nitrogen and oxygen atoms in total. The SMILES string of the molecule is COc1ccc(CNC(=O)c2ccc(CN3CCCc4ccccc43)cc2)c(OC)c1OC. The molecule has 33 heavy (non-hydrogen) atoms. The molecule has 1 heterocycles. The van der Waals surface area contributed by atoms with Gasteiger partial charge in [0.25, 0.3) is 5.91 Å². The van der Waals surface area contributed by atoms with Crippen LogP contribution in [0.4, 0.5) is 5.69 Å². The van der Waals surface area contributed by atoms with Crippen molar-refractivity contribution in [1.29, 1.82) is 0 Å². The van der Waals surface area contributed by atoms with Gasteiger partial charge in [0.15, 0.2) is 11.5 Å². The van der Waals surface area contributed by atoms with Gasteiger partial charge in [-0.05, 0) is 54.3 Å². The van der Waals surface area contributed by atoms with Gasteiger partial charge in [0.05, 0.1) is 21.3 Å². The third kappa shape index (κ3) is 4.90. The zero-order chi connectivity index (χ0) is 23.2. The standard InChI is InChI=1S/C27H30N2O4/c1-31-24-15-14-22(25(32-2)26(24)33-3)17-28-27(30)21-12-10-19(11-13-21)18-29-16-6-8-20-7-4-5-9-23(20)29/h4-5,7,9-15H,6,8,16-18H2,1-3H3,(H,28,30). The first-order valence-electron chi connectivity index (χ1n) is 11.1. The number of fused-ring (bicyclic) bond motifs is 1. The highest BCUT2D eigenvalue weighted by atomic mass is 16.5. The molecule has 0 unspecified atom stereocenters. The van der Waals surface area contributed by atoms with Gasteiger partial charge in [-0.1, -0.05) is 30.3 Å². The first-order valence-corrected chi connectivity index (χ1v) is 11.1. The third-order valence-corrected chi connectivity index (χ3v) is 6.02. The van der Waals surface area contributed by atoms with E-state index in [0.717, 1.165) is 31.5 Å². The topological polar surface area (TPSA) is 60.0 Å². The quantitative estimate of drug-likeness (QED) is 0.548. The Kier molecular flexibility index (Phi) is 7.03. The number of para-hydroxylation sites is 1. The second kappa shape index (κ2) is 10.3. The molecule has 0 bridgehead atoms. The Bertz CT molecular complexity index is 1110. The van der Waals surface area contributed by atoms with Crippen molar-refractivity contribution in [2.75, 3.05) is 32.8 Å². The summed E-state index contributed by atoms with van der Waals surface area (Å²) in [6.07, 6.45) is 2.30. The average Bonchev–Trinajstić information content (AvgIpc) is 2.87. The van der Waals surface area contributed by atoms with Crippen molar-refractivity contribution in [2.24, 2.45) is 0 Å². The number of anilines is 1. The Balaban J connectivity index is 1.41. The van der Waals surface area contributed by atoms with Crippen LogP contribution >= 0.6 is 0 Å². The molecule has 1 amide bonds. The molecule has 0 radical (unpaired) electrons. The highest BCUT2D eigenvalue weighted by Gasteiger charge is 2.18. The summed E-state index contributed by atoms with van der Waals surface area (Å²) in [5.41, 5.74) is 5.34. The van der Waals surface area contributed by atoms with Gasteiger partial charge in [-0.2, -0.15) is 0 Å². The lowest BCUT2D eigenvalue weighted by Gasteiger charge is -2.31. The minimum absolute atomic E-state index is 0.137. The van der Waals surface area contributed by atoms with Crippen molar-refractivity contribution in [3.63, 3.8) is 0 Å². The number of carbonyl (C=O) groups is 1. The molecule has 0 saturated heterocycles. The van der Waals surface area contributed by atoms with E-state index in [9.17, 15) is 4.79 Å². The minimum Gasteiger partial charge on any atom is -0.493 e. The fraction of sp³-hybridized carbons (Fsp3) is 0.296. The van der Waals surface area contributed by atoms with Gasteiger partial charge in [0.2, 0.25) is 5.75 Å². The molecule has 1 aliphatic rings. The number of rotatable bonds is 8. The number of aryl methyl sites for hydroxylation is 1. The predicted octanol–water partition coefficient (Wildman–Crippen LogP) is 4.60. The first kappa shape index (κ1) is 22.5. The Hall–Kier alpha value is -3.67. The summed E-state index contributed by atoms with van der Waals surface area (Å²) in [6, 6.07) is 20.1. The summed E-state index contributed by atoms with van der Waals surface area (Å²) in [7, 11) is 4.71. The molecule has 172 valence electrons. The summed E-state index contributed by atoms with van der Waals surface area (Å²) in [6.45, 7) is 2.20. The molecule has 0 spiro atoms. The number of carbonyl (C=O) groups excluding carboxylic acids is 1. The summed E-state index contributed by atoms with van der Waals surface area (Å²) in [4.78, 5) is 15.2. The third-order valence-electron chi connectivity index (χ3n) is 6.02. The van der Waals surface area contributed by atoms with Crippen LogP contribution in [-0.4, -0.2) is 33.8 Å². The summed E-state index contributed by atoms with van der Waals surface area (Å²) in [5, 5.41) is 2.97. The van der Waals surface area contributed by atoms with E-state index in [2.05, 4.69) is 34.5 Å². The van der Waals surface area contributed by atoms with E-state index < -0.39 is 0 Å².